The molecule has 0 saturated heterocycles. The van der Waals surface area contributed by atoms with Crippen LogP contribution in [0, 0.1) is 11.5 Å². The number of hydrogen-bond acceptors (Lipinski definition) is 2. The van der Waals surface area contributed by atoms with E-state index in [-0.39, 0.29) is 0 Å². The second kappa shape index (κ2) is 11.0. The van der Waals surface area contributed by atoms with Crippen LogP contribution in [-0.2, 0) is 0 Å². The molecule has 5 nitrogen and oxygen atoms in total. The summed E-state index contributed by atoms with van der Waals surface area (Å²) in [6.45, 7) is 0. The van der Waals surface area contributed by atoms with E-state index in [1.165, 1.54) is 6.26 Å². The van der Waals surface area contributed by atoms with Crippen LogP contribution >= 0.6 is 0 Å². The van der Waals surface area contributed by atoms with E-state index in [1.54, 1.807) is 24.4 Å². The summed E-state index contributed by atoms with van der Waals surface area (Å²) in [5.41, 5.74) is 0. The van der Waals surface area contributed by atoms with Crippen molar-refractivity contribution in [1.29, 1.82) is 5.26 Å². The Bertz CT molecular complexity index is 579. The molecule has 0 aromatic carbocycles. The van der Waals surface area contributed by atoms with Gasteiger partial charge in [0.1, 0.15) is 6.26 Å². The fourth-order valence-electron chi connectivity index (χ4n) is 1.06. The van der Waals surface area contributed by atoms with Crippen molar-refractivity contribution in [2.75, 3.05) is 0 Å². The topological polar surface area (TPSA) is 73.4 Å². The molecular weight excluding hydrogens is 252 g/mol. The Kier molecular flexibility index (Phi) is 8.20. The lowest BCUT2D eigenvalue weighted by atomic mass is 10.4. The van der Waals surface area contributed by atoms with Gasteiger partial charge in [-0.2, -0.15) is 5.26 Å². The molecule has 0 spiro atoms. The average molecular weight is 268 g/mol. The summed E-state index contributed by atoms with van der Waals surface area (Å²) in [6.07, 6.45) is 4.86. The predicted octanol–water partition coefficient (Wildman–Crippen LogP) is 3.56. The van der Waals surface area contributed by atoms with Crippen molar-refractivity contribution in [3.05, 3.63) is 85.3 Å². The SMILES string of the molecule is N#Cn1[nH]cccccccccccccco[nH]1. The van der Waals surface area contributed by atoms with Gasteiger partial charge in [-0.3, -0.25) is 5.10 Å². The molecule has 20 heavy (non-hydrogen) atoms. The zero-order chi connectivity index (χ0) is 14.3. The molecule has 5 heteroatoms. The third-order valence-corrected chi connectivity index (χ3v) is 1.91. The van der Waals surface area contributed by atoms with Crippen LogP contribution in [0.1, 0.15) is 0 Å². The number of nitrogens with zero attached hydrogens (tertiary/aromatic N) is 2. The zero-order valence-corrected chi connectivity index (χ0v) is 10.9. The Morgan fingerprint density at radius 3 is 1.80 bits per heavy atom. The summed E-state index contributed by atoms with van der Waals surface area (Å²) in [7, 11) is 0. The molecule has 0 fully saturated rings. The van der Waals surface area contributed by atoms with Crippen molar-refractivity contribution in [3.63, 3.8) is 0 Å². The Morgan fingerprint density at radius 2 is 1.25 bits per heavy atom. The van der Waals surface area contributed by atoms with Crippen LogP contribution in [0.3, 0.4) is 0 Å². The summed E-state index contributed by atoms with van der Waals surface area (Å²) in [5.74, 6) is 0. The lowest BCUT2D eigenvalue weighted by molar-refractivity contribution is 0.329. The molecule has 0 saturated carbocycles. The van der Waals surface area contributed by atoms with Crippen molar-refractivity contribution in [2.45, 2.75) is 0 Å². The van der Waals surface area contributed by atoms with E-state index in [2.05, 4.69) is 10.4 Å². The molecule has 102 valence electrons. The predicted molar refractivity (Wildman–Crippen MR) is 76.9 cm³/mol. The van der Waals surface area contributed by atoms with Crippen LogP contribution in [0.2, 0.25) is 0 Å². The second-order valence-corrected chi connectivity index (χ2v) is 3.39. The Labute approximate surface area is 117 Å². The molecular formula is C15H16N4O. The third kappa shape index (κ3) is 8.03. The first-order valence-corrected chi connectivity index (χ1v) is 5.96. The second-order valence-electron chi connectivity index (χ2n) is 3.39. The number of aromatic amines is 2. The standard InChI is InChI=1S/C15H16N4O/c16-15-19-17-13-11-9-7-5-3-1-2-4-6-8-10-12-14-20-18-19/h1-14,17-18H. The van der Waals surface area contributed by atoms with Gasteiger partial charge in [-0.15, -0.1) is 5.27 Å². The molecule has 0 bridgehead atoms. The first-order chi connectivity index (χ1) is 9.93. The van der Waals surface area contributed by atoms with E-state index < -0.39 is 0 Å². The van der Waals surface area contributed by atoms with Crippen LogP contribution in [0.4, 0.5) is 0 Å². The molecule has 0 atom stereocenters. The minimum Gasteiger partial charge on any atom is -0.372 e. The van der Waals surface area contributed by atoms with Gasteiger partial charge in [0.05, 0.1) is 0 Å². The average Bonchev–Trinajstić information content (AvgIpc) is 2.47. The molecule has 1 aromatic heterocycles. The maximum atomic E-state index is 8.80. The molecule has 0 amide bonds. The summed E-state index contributed by atoms with van der Waals surface area (Å²) in [6, 6.07) is 22.3. The van der Waals surface area contributed by atoms with Crippen LogP contribution in [-0.4, -0.2) is 15.2 Å². The van der Waals surface area contributed by atoms with Crippen molar-refractivity contribution >= 4 is 0 Å². The lowest BCUT2D eigenvalue weighted by Gasteiger charge is -1.86. The molecule has 0 unspecified atom stereocenters. The maximum absolute atomic E-state index is 8.80. The van der Waals surface area contributed by atoms with E-state index in [0.717, 1.165) is 4.80 Å². The number of aromatic nitrogens is 3. The van der Waals surface area contributed by atoms with Gasteiger partial charge in [-0.1, -0.05) is 65.5 Å². The maximum Gasteiger partial charge on any atom is 0.224 e. The largest absolute Gasteiger partial charge is 0.372 e. The molecule has 1 heterocycles. The van der Waals surface area contributed by atoms with Crippen LogP contribution in [0.15, 0.2) is 89.8 Å². The van der Waals surface area contributed by atoms with Gasteiger partial charge in [-0.05, 0) is 12.1 Å². The Hall–Kier alpha value is -3.13. The van der Waals surface area contributed by atoms with Crippen molar-refractivity contribution < 1.29 is 4.52 Å². The number of H-pyrrole nitrogens is 2. The Morgan fingerprint density at radius 1 is 0.750 bits per heavy atom. The third-order valence-electron chi connectivity index (χ3n) is 1.91. The van der Waals surface area contributed by atoms with Crippen molar-refractivity contribution in [3.8, 4) is 6.19 Å². The molecule has 1 aromatic rings. The van der Waals surface area contributed by atoms with E-state index >= 15 is 0 Å². The van der Waals surface area contributed by atoms with E-state index in [9.17, 15) is 0 Å². The van der Waals surface area contributed by atoms with Gasteiger partial charge in [0.15, 0.2) is 0 Å². The molecule has 2 N–H and O–H groups in total. The highest BCUT2D eigenvalue weighted by Gasteiger charge is 1.69. The van der Waals surface area contributed by atoms with Crippen LogP contribution < -0.4 is 0 Å². The Balaban J connectivity index is 3.19. The van der Waals surface area contributed by atoms with Gasteiger partial charge in [0.2, 0.25) is 6.19 Å². The van der Waals surface area contributed by atoms with Gasteiger partial charge in [0.25, 0.3) is 0 Å². The van der Waals surface area contributed by atoms with Crippen molar-refractivity contribution in [1.82, 2.24) is 15.2 Å². The monoisotopic (exact) mass is 268 g/mol. The number of nitrogens with one attached hydrogen (secondary N) is 2. The molecule has 0 aliphatic heterocycles. The fraction of sp³-hybridized carbons (Fsp3) is 0. The zero-order valence-electron chi connectivity index (χ0n) is 10.9. The summed E-state index contributed by atoms with van der Waals surface area (Å²) < 4.78 is 4.94. The van der Waals surface area contributed by atoms with E-state index in [4.69, 9.17) is 9.78 Å². The minimum atomic E-state index is 1.01. The molecule has 0 aliphatic rings. The van der Waals surface area contributed by atoms with Gasteiger partial charge < -0.3 is 4.52 Å². The quantitative estimate of drug-likeness (QED) is 0.755. The molecule has 0 radical (unpaired) electrons. The van der Waals surface area contributed by atoms with Crippen LogP contribution in [0.5, 0.6) is 0 Å². The lowest BCUT2D eigenvalue weighted by Crippen LogP contribution is -1.95. The molecule has 1 rings (SSSR count). The highest BCUT2D eigenvalue weighted by atomic mass is 16.5. The van der Waals surface area contributed by atoms with Crippen LogP contribution in [0.25, 0.3) is 0 Å². The summed E-state index contributed by atoms with van der Waals surface area (Å²) in [5, 5.41) is 13.9. The molecule has 0 aliphatic carbocycles. The number of rotatable bonds is 0. The minimum absolute atomic E-state index is 1.01. The first kappa shape index (κ1) is 14.9. The highest BCUT2D eigenvalue weighted by Crippen LogP contribution is 1.79. The van der Waals surface area contributed by atoms with E-state index in [1.807, 2.05) is 60.8 Å². The number of nitriles is 1. The number of hydrogen-bond donors (Lipinski definition) is 2. The van der Waals surface area contributed by atoms with Gasteiger partial charge in [0, 0.05) is 6.20 Å². The van der Waals surface area contributed by atoms with Gasteiger partial charge >= 0.3 is 0 Å². The fourth-order valence-corrected chi connectivity index (χ4v) is 1.06. The summed E-state index contributed by atoms with van der Waals surface area (Å²) >= 11 is 0. The van der Waals surface area contributed by atoms with Gasteiger partial charge in [-0.25, -0.2) is 0 Å². The summed E-state index contributed by atoms with van der Waals surface area (Å²) in [4.78, 5) is 1.01. The highest BCUT2D eigenvalue weighted by molar-refractivity contribution is 4.96. The smallest absolute Gasteiger partial charge is 0.224 e. The van der Waals surface area contributed by atoms with E-state index in [0.29, 0.717) is 0 Å². The first-order valence-electron chi connectivity index (χ1n) is 5.96. The normalized spacial score (nSPS) is 7.95. The van der Waals surface area contributed by atoms with Crippen molar-refractivity contribution in [2.24, 2.45) is 0 Å².